The molecule has 1 saturated carbocycles. The van der Waals surface area contributed by atoms with Crippen molar-refractivity contribution in [2.45, 2.75) is 25.3 Å². The van der Waals surface area contributed by atoms with E-state index in [1.165, 1.54) is 19.3 Å². The van der Waals surface area contributed by atoms with Crippen LogP contribution in [0.2, 0.25) is 0 Å². The molecule has 1 aromatic carbocycles. The summed E-state index contributed by atoms with van der Waals surface area (Å²) in [5.41, 5.74) is 0.990. The van der Waals surface area contributed by atoms with Gasteiger partial charge in [-0.1, -0.05) is 27.5 Å². The van der Waals surface area contributed by atoms with Gasteiger partial charge in [0.15, 0.2) is 0 Å². The molecule has 20 heavy (non-hydrogen) atoms. The standard InChI is InChI=1S/C15H16BrN3O/c16-11-6-4-9(5-7-11)14-18-15(20-19-14)13-12-3-1-2-10(12)8-17-13/h4-7,10,12-13,17H,1-3,8H2. The Labute approximate surface area is 126 Å². The molecule has 0 amide bonds. The zero-order valence-electron chi connectivity index (χ0n) is 11.1. The third kappa shape index (κ3) is 2.09. The van der Waals surface area contributed by atoms with E-state index in [2.05, 4.69) is 31.4 Å². The van der Waals surface area contributed by atoms with Gasteiger partial charge in [0.2, 0.25) is 11.7 Å². The number of fused-ring (bicyclic) bond motifs is 1. The number of nitrogens with one attached hydrogen (secondary N) is 1. The van der Waals surface area contributed by atoms with Gasteiger partial charge in [-0.2, -0.15) is 4.98 Å². The van der Waals surface area contributed by atoms with Crippen LogP contribution < -0.4 is 5.32 Å². The molecule has 2 aliphatic rings. The molecule has 1 aromatic heterocycles. The van der Waals surface area contributed by atoms with Gasteiger partial charge in [-0.3, -0.25) is 0 Å². The van der Waals surface area contributed by atoms with Crippen LogP contribution in [0.15, 0.2) is 33.3 Å². The normalized spacial score (nSPS) is 28.8. The zero-order valence-corrected chi connectivity index (χ0v) is 12.6. The van der Waals surface area contributed by atoms with Crippen LogP contribution in [0.4, 0.5) is 0 Å². The smallest absolute Gasteiger partial charge is 0.244 e. The molecule has 104 valence electrons. The number of nitrogens with zero attached hydrogens (tertiary/aromatic N) is 2. The van der Waals surface area contributed by atoms with Crippen LogP contribution in [0.25, 0.3) is 11.4 Å². The summed E-state index contributed by atoms with van der Waals surface area (Å²) in [6, 6.07) is 8.23. The van der Waals surface area contributed by atoms with Crippen molar-refractivity contribution in [1.29, 1.82) is 0 Å². The van der Waals surface area contributed by atoms with Gasteiger partial charge in [0.25, 0.3) is 0 Å². The summed E-state index contributed by atoms with van der Waals surface area (Å²) in [4.78, 5) is 4.60. The van der Waals surface area contributed by atoms with Crippen LogP contribution in [-0.2, 0) is 0 Å². The summed E-state index contributed by atoms with van der Waals surface area (Å²) in [7, 11) is 0. The highest BCUT2D eigenvalue weighted by Gasteiger charge is 2.42. The fraction of sp³-hybridized carbons (Fsp3) is 0.467. The Bertz CT molecular complexity index is 610. The summed E-state index contributed by atoms with van der Waals surface area (Å²) in [6.07, 6.45) is 3.95. The van der Waals surface area contributed by atoms with Crippen LogP contribution in [-0.4, -0.2) is 16.7 Å². The van der Waals surface area contributed by atoms with Crippen molar-refractivity contribution in [3.63, 3.8) is 0 Å². The highest BCUT2D eigenvalue weighted by molar-refractivity contribution is 9.10. The Hall–Kier alpha value is -1.20. The molecular weight excluding hydrogens is 318 g/mol. The minimum absolute atomic E-state index is 0.249. The summed E-state index contributed by atoms with van der Waals surface area (Å²) < 4.78 is 6.56. The maximum atomic E-state index is 5.51. The minimum atomic E-state index is 0.249. The second-order valence-corrected chi connectivity index (χ2v) is 6.62. The van der Waals surface area contributed by atoms with E-state index in [1.807, 2.05) is 24.3 Å². The molecule has 0 radical (unpaired) electrons. The number of halogens is 1. The first-order chi connectivity index (χ1) is 9.81. The van der Waals surface area contributed by atoms with Crippen molar-refractivity contribution in [2.24, 2.45) is 11.8 Å². The number of rotatable bonds is 2. The van der Waals surface area contributed by atoms with E-state index in [4.69, 9.17) is 4.52 Å². The molecule has 1 N–H and O–H groups in total. The van der Waals surface area contributed by atoms with E-state index in [1.54, 1.807) is 0 Å². The van der Waals surface area contributed by atoms with Crippen LogP contribution in [0.1, 0.15) is 31.2 Å². The van der Waals surface area contributed by atoms with Crippen molar-refractivity contribution in [3.8, 4) is 11.4 Å². The van der Waals surface area contributed by atoms with Crippen LogP contribution in [0, 0.1) is 11.8 Å². The molecule has 0 spiro atoms. The van der Waals surface area contributed by atoms with Gasteiger partial charge in [-0.25, -0.2) is 0 Å². The van der Waals surface area contributed by atoms with Gasteiger partial charge in [0.1, 0.15) is 0 Å². The van der Waals surface area contributed by atoms with Gasteiger partial charge in [0, 0.05) is 10.0 Å². The SMILES string of the molecule is Brc1ccc(-c2noc(C3NCC4CCCC43)n2)cc1. The Morgan fingerprint density at radius 3 is 2.90 bits per heavy atom. The lowest BCUT2D eigenvalue weighted by atomic mass is 9.94. The number of hydrogen-bond acceptors (Lipinski definition) is 4. The third-order valence-electron chi connectivity index (χ3n) is 4.56. The molecule has 1 aliphatic heterocycles. The van der Waals surface area contributed by atoms with Gasteiger partial charge < -0.3 is 9.84 Å². The average molecular weight is 334 g/mol. The second kappa shape index (κ2) is 4.97. The molecular formula is C15H16BrN3O. The number of benzene rings is 1. The van der Waals surface area contributed by atoms with Gasteiger partial charge in [0.05, 0.1) is 6.04 Å². The van der Waals surface area contributed by atoms with E-state index in [-0.39, 0.29) is 6.04 Å². The fourth-order valence-corrected chi connectivity index (χ4v) is 3.80. The second-order valence-electron chi connectivity index (χ2n) is 5.70. The lowest BCUT2D eigenvalue weighted by Crippen LogP contribution is -2.18. The van der Waals surface area contributed by atoms with Crippen LogP contribution in [0.3, 0.4) is 0 Å². The van der Waals surface area contributed by atoms with Gasteiger partial charge in [-0.05, 0) is 55.5 Å². The number of aromatic nitrogens is 2. The molecule has 4 rings (SSSR count). The van der Waals surface area contributed by atoms with E-state index in [9.17, 15) is 0 Å². The lowest BCUT2D eigenvalue weighted by molar-refractivity contribution is 0.302. The molecule has 1 saturated heterocycles. The zero-order chi connectivity index (χ0) is 13.5. The molecule has 2 fully saturated rings. The van der Waals surface area contributed by atoms with Crippen molar-refractivity contribution in [1.82, 2.24) is 15.5 Å². The van der Waals surface area contributed by atoms with Crippen molar-refractivity contribution >= 4 is 15.9 Å². The molecule has 3 unspecified atom stereocenters. The molecule has 3 atom stereocenters. The Balaban J connectivity index is 1.60. The van der Waals surface area contributed by atoms with E-state index in [0.29, 0.717) is 11.7 Å². The van der Waals surface area contributed by atoms with Gasteiger partial charge in [-0.15, -0.1) is 0 Å². The molecule has 0 bridgehead atoms. The highest BCUT2D eigenvalue weighted by atomic mass is 79.9. The van der Waals surface area contributed by atoms with Crippen molar-refractivity contribution in [2.75, 3.05) is 6.54 Å². The molecule has 2 aromatic rings. The fourth-order valence-electron chi connectivity index (χ4n) is 3.54. The first kappa shape index (κ1) is 12.5. The van der Waals surface area contributed by atoms with Crippen LogP contribution in [0.5, 0.6) is 0 Å². The number of hydrogen-bond donors (Lipinski definition) is 1. The summed E-state index contributed by atoms with van der Waals surface area (Å²) in [5, 5.41) is 7.68. The largest absolute Gasteiger partial charge is 0.337 e. The van der Waals surface area contributed by atoms with E-state index >= 15 is 0 Å². The minimum Gasteiger partial charge on any atom is -0.337 e. The Morgan fingerprint density at radius 1 is 1.20 bits per heavy atom. The van der Waals surface area contributed by atoms with Crippen LogP contribution >= 0.6 is 15.9 Å². The maximum Gasteiger partial charge on any atom is 0.244 e. The monoisotopic (exact) mass is 333 g/mol. The van der Waals surface area contributed by atoms with Gasteiger partial charge >= 0.3 is 0 Å². The topological polar surface area (TPSA) is 51.0 Å². The van der Waals surface area contributed by atoms with E-state index < -0.39 is 0 Å². The maximum absolute atomic E-state index is 5.51. The van der Waals surface area contributed by atoms with Crippen molar-refractivity contribution in [3.05, 3.63) is 34.6 Å². The molecule has 1 aliphatic carbocycles. The molecule has 2 heterocycles. The molecule has 4 nitrogen and oxygen atoms in total. The first-order valence-electron chi connectivity index (χ1n) is 7.14. The first-order valence-corrected chi connectivity index (χ1v) is 7.93. The quantitative estimate of drug-likeness (QED) is 0.912. The Morgan fingerprint density at radius 2 is 2.05 bits per heavy atom. The predicted molar refractivity (Wildman–Crippen MR) is 79.0 cm³/mol. The lowest BCUT2D eigenvalue weighted by Gasteiger charge is -2.13. The molecule has 5 heteroatoms. The summed E-state index contributed by atoms with van der Waals surface area (Å²) in [5.74, 6) is 2.89. The highest BCUT2D eigenvalue weighted by Crippen LogP contribution is 2.44. The van der Waals surface area contributed by atoms with Crippen molar-refractivity contribution < 1.29 is 4.52 Å². The predicted octanol–water partition coefficient (Wildman–Crippen LogP) is 3.56. The third-order valence-corrected chi connectivity index (χ3v) is 5.08. The summed E-state index contributed by atoms with van der Waals surface area (Å²) in [6.45, 7) is 1.09. The Kier molecular flexibility index (Phi) is 3.11. The average Bonchev–Trinajstić information content (AvgIpc) is 3.15. The summed E-state index contributed by atoms with van der Waals surface area (Å²) >= 11 is 3.43. The van der Waals surface area contributed by atoms with E-state index in [0.717, 1.165) is 28.4 Å².